The molecule has 0 aliphatic heterocycles. The Morgan fingerprint density at radius 2 is 1.78 bits per heavy atom. The van der Waals surface area contributed by atoms with E-state index in [9.17, 15) is 14.9 Å². The Morgan fingerprint density at radius 1 is 1.07 bits per heavy atom. The number of hydrogen-bond acceptors (Lipinski definition) is 5. The number of aryl methyl sites for hydroxylation is 1. The molecular formula is C20H19N3O4. The summed E-state index contributed by atoms with van der Waals surface area (Å²) in [5, 5.41) is 10.8. The molecule has 0 N–H and O–H groups in total. The number of furan rings is 1. The number of benzene rings is 1. The first kappa shape index (κ1) is 18.3. The predicted molar refractivity (Wildman–Crippen MR) is 99.0 cm³/mol. The van der Waals surface area contributed by atoms with Gasteiger partial charge in [0.1, 0.15) is 4.92 Å². The topological polar surface area (TPSA) is 89.5 Å². The molecule has 0 bridgehead atoms. The zero-order chi connectivity index (χ0) is 19.2. The molecule has 138 valence electrons. The zero-order valence-corrected chi connectivity index (χ0v) is 14.9. The largest absolute Gasteiger partial charge is 0.433 e. The maximum absolute atomic E-state index is 12.9. The summed E-state index contributed by atoms with van der Waals surface area (Å²) in [4.78, 5) is 28.7. The monoisotopic (exact) mass is 365 g/mol. The molecule has 3 aromatic rings. The fourth-order valence-electron chi connectivity index (χ4n) is 2.71. The molecule has 0 fully saturated rings. The Balaban J connectivity index is 1.85. The Kier molecular flexibility index (Phi) is 5.61. The number of nitro groups is 1. The average Bonchev–Trinajstić information content (AvgIpc) is 3.19. The molecule has 1 amide bonds. The van der Waals surface area contributed by atoms with Crippen molar-refractivity contribution in [2.45, 2.75) is 26.4 Å². The van der Waals surface area contributed by atoms with Gasteiger partial charge in [-0.25, -0.2) is 0 Å². The average molecular weight is 365 g/mol. The van der Waals surface area contributed by atoms with Crippen molar-refractivity contribution in [3.8, 4) is 0 Å². The lowest BCUT2D eigenvalue weighted by molar-refractivity contribution is -0.402. The van der Waals surface area contributed by atoms with Crippen molar-refractivity contribution in [1.82, 2.24) is 9.88 Å². The van der Waals surface area contributed by atoms with Crippen LogP contribution >= 0.6 is 0 Å². The van der Waals surface area contributed by atoms with Crippen LogP contribution in [0, 0.1) is 10.1 Å². The van der Waals surface area contributed by atoms with Crippen LogP contribution in [0.5, 0.6) is 0 Å². The molecular weight excluding hydrogens is 346 g/mol. The SMILES string of the molecule is CCc1ccc(CN(Cc2cccnc2)C(=O)c2ccc([N+](=O)[O-])o2)cc1. The van der Waals surface area contributed by atoms with Gasteiger partial charge in [-0.1, -0.05) is 37.3 Å². The van der Waals surface area contributed by atoms with Crippen molar-refractivity contribution in [2.24, 2.45) is 0 Å². The van der Waals surface area contributed by atoms with Crippen molar-refractivity contribution < 1.29 is 14.1 Å². The van der Waals surface area contributed by atoms with Gasteiger partial charge in [0, 0.05) is 25.5 Å². The summed E-state index contributed by atoms with van der Waals surface area (Å²) >= 11 is 0. The highest BCUT2D eigenvalue weighted by molar-refractivity contribution is 5.91. The summed E-state index contributed by atoms with van der Waals surface area (Å²) in [5.74, 6) is -0.922. The van der Waals surface area contributed by atoms with E-state index in [1.165, 1.54) is 17.7 Å². The van der Waals surface area contributed by atoms with Crippen molar-refractivity contribution in [3.05, 3.63) is 93.5 Å². The number of nitrogens with zero attached hydrogens (tertiary/aromatic N) is 3. The molecule has 3 rings (SSSR count). The summed E-state index contributed by atoms with van der Waals surface area (Å²) in [6, 6.07) is 14.2. The van der Waals surface area contributed by atoms with Crippen LogP contribution in [0.2, 0.25) is 0 Å². The highest BCUT2D eigenvalue weighted by Crippen LogP contribution is 2.20. The maximum atomic E-state index is 12.9. The molecule has 7 heteroatoms. The molecule has 0 atom stereocenters. The van der Waals surface area contributed by atoms with E-state index in [0.717, 1.165) is 17.5 Å². The van der Waals surface area contributed by atoms with Gasteiger partial charge in [-0.15, -0.1) is 0 Å². The molecule has 7 nitrogen and oxygen atoms in total. The number of aromatic nitrogens is 1. The van der Waals surface area contributed by atoms with Crippen molar-refractivity contribution in [2.75, 3.05) is 0 Å². The Bertz CT molecular complexity index is 920. The second-order valence-corrected chi connectivity index (χ2v) is 6.09. The standard InChI is InChI=1S/C20H19N3O4/c1-2-15-5-7-16(8-6-15)13-22(14-17-4-3-11-21-12-17)20(24)18-9-10-19(27-18)23(25)26/h3-12H,2,13-14H2,1H3. The van der Waals surface area contributed by atoms with Crippen LogP contribution in [0.1, 0.15) is 34.2 Å². The third kappa shape index (κ3) is 4.58. The van der Waals surface area contributed by atoms with E-state index in [1.54, 1.807) is 23.4 Å². The van der Waals surface area contributed by atoms with E-state index < -0.39 is 16.7 Å². The molecule has 0 radical (unpaired) electrons. The number of rotatable bonds is 7. The Labute approximate surface area is 156 Å². The molecule has 1 aromatic carbocycles. The summed E-state index contributed by atoms with van der Waals surface area (Å²) in [6.07, 6.45) is 4.29. The minimum atomic E-state index is -0.661. The van der Waals surface area contributed by atoms with Crippen LogP contribution in [-0.2, 0) is 19.5 Å². The third-order valence-corrected chi connectivity index (χ3v) is 4.17. The molecule has 2 heterocycles. The second kappa shape index (κ2) is 8.27. The number of carbonyl (C=O) groups excluding carboxylic acids is 1. The van der Waals surface area contributed by atoms with Gasteiger partial charge >= 0.3 is 5.88 Å². The second-order valence-electron chi connectivity index (χ2n) is 6.09. The first-order chi connectivity index (χ1) is 13.1. The lowest BCUT2D eigenvalue weighted by Crippen LogP contribution is -2.30. The van der Waals surface area contributed by atoms with Crippen molar-refractivity contribution in [1.29, 1.82) is 0 Å². The summed E-state index contributed by atoms with van der Waals surface area (Å²) in [6.45, 7) is 2.75. The van der Waals surface area contributed by atoms with Gasteiger partial charge < -0.3 is 9.32 Å². The summed E-state index contributed by atoms with van der Waals surface area (Å²) in [7, 11) is 0. The van der Waals surface area contributed by atoms with Crippen LogP contribution in [0.4, 0.5) is 5.88 Å². The van der Waals surface area contributed by atoms with Gasteiger partial charge in [0.15, 0.2) is 5.76 Å². The van der Waals surface area contributed by atoms with Gasteiger partial charge in [0.05, 0.1) is 6.07 Å². The van der Waals surface area contributed by atoms with Gasteiger partial charge in [0.25, 0.3) is 5.91 Å². The lowest BCUT2D eigenvalue weighted by Gasteiger charge is -2.22. The smallest absolute Gasteiger partial charge is 0.395 e. The van der Waals surface area contributed by atoms with E-state index in [1.807, 2.05) is 30.3 Å². The number of carbonyl (C=O) groups is 1. The molecule has 0 aliphatic carbocycles. The van der Waals surface area contributed by atoms with Crippen LogP contribution in [0.25, 0.3) is 0 Å². The summed E-state index contributed by atoms with van der Waals surface area (Å²) in [5.41, 5.74) is 3.04. The van der Waals surface area contributed by atoms with E-state index in [0.29, 0.717) is 13.1 Å². The number of pyridine rings is 1. The van der Waals surface area contributed by atoms with Gasteiger partial charge in [-0.3, -0.25) is 19.9 Å². The Morgan fingerprint density at radius 3 is 2.37 bits per heavy atom. The van der Waals surface area contributed by atoms with Gasteiger partial charge in [0.2, 0.25) is 0 Å². The third-order valence-electron chi connectivity index (χ3n) is 4.17. The predicted octanol–water partition coefficient (Wildman–Crippen LogP) is 3.99. The van der Waals surface area contributed by atoms with Crippen LogP contribution in [0.15, 0.2) is 65.3 Å². The molecule has 0 unspecified atom stereocenters. The minimum absolute atomic E-state index is 0.0595. The normalized spacial score (nSPS) is 10.6. The van der Waals surface area contributed by atoms with E-state index in [4.69, 9.17) is 4.42 Å². The fraction of sp³-hybridized carbons (Fsp3) is 0.200. The fourth-order valence-corrected chi connectivity index (χ4v) is 2.71. The lowest BCUT2D eigenvalue weighted by atomic mass is 10.1. The summed E-state index contributed by atoms with van der Waals surface area (Å²) < 4.78 is 5.09. The quantitative estimate of drug-likeness (QED) is 0.466. The van der Waals surface area contributed by atoms with Crippen LogP contribution in [-0.4, -0.2) is 20.7 Å². The highest BCUT2D eigenvalue weighted by Gasteiger charge is 2.23. The van der Waals surface area contributed by atoms with E-state index in [2.05, 4.69) is 11.9 Å². The van der Waals surface area contributed by atoms with E-state index >= 15 is 0 Å². The molecule has 0 saturated heterocycles. The number of amides is 1. The highest BCUT2D eigenvalue weighted by atomic mass is 16.6. The molecule has 0 spiro atoms. The van der Waals surface area contributed by atoms with Crippen molar-refractivity contribution >= 4 is 11.8 Å². The molecule has 27 heavy (non-hydrogen) atoms. The number of hydrogen-bond donors (Lipinski definition) is 0. The molecule has 0 aliphatic rings. The maximum Gasteiger partial charge on any atom is 0.433 e. The van der Waals surface area contributed by atoms with E-state index in [-0.39, 0.29) is 5.76 Å². The van der Waals surface area contributed by atoms with Crippen LogP contribution < -0.4 is 0 Å². The Hall–Kier alpha value is -3.48. The zero-order valence-electron chi connectivity index (χ0n) is 14.9. The minimum Gasteiger partial charge on any atom is -0.395 e. The van der Waals surface area contributed by atoms with Crippen LogP contribution in [0.3, 0.4) is 0 Å². The first-order valence-electron chi connectivity index (χ1n) is 8.57. The molecule has 2 aromatic heterocycles. The molecule has 0 saturated carbocycles. The van der Waals surface area contributed by atoms with Gasteiger partial charge in [-0.2, -0.15) is 0 Å². The van der Waals surface area contributed by atoms with Gasteiger partial charge in [-0.05, 0) is 35.2 Å². The first-order valence-corrected chi connectivity index (χ1v) is 8.57. The van der Waals surface area contributed by atoms with Crippen molar-refractivity contribution in [3.63, 3.8) is 0 Å².